The molecule has 2 aromatic heterocycles. The molecule has 17 heavy (non-hydrogen) atoms. The van der Waals surface area contributed by atoms with Gasteiger partial charge in [0.15, 0.2) is 0 Å². The van der Waals surface area contributed by atoms with Crippen LogP contribution in [0.5, 0.6) is 0 Å². The molecule has 90 valence electrons. The molecule has 0 spiro atoms. The van der Waals surface area contributed by atoms with E-state index in [0.29, 0.717) is 5.92 Å². The van der Waals surface area contributed by atoms with Crippen LogP contribution in [-0.4, -0.2) is 9.38 Å². The van der Waals surface area contributed by atoms with Crippen LogP contribution >= 0.6 is 15.9 Å². The van der Waals surface area contributed by atoms with Crippen LogP contribution in [0.15, 0.2) is 16.7 Å². The van der Waals surface area contributed by atoms with Gasteiger partial charge in [-0.3, -0.25) is 0 Å². The quantitative estimate of drug-likeness (QED) is 0.712. The van der Waals surface area contributed by atoms with E-state index in [1.54, 1.807) is 0 Å². The van der Waals surface area contributed by atoms with Gasteiger partial charge in [-0.2, -0.15) is 0 Å². The zero-order valence-corrected chi connectivity index (χ0v) is 12.3. The Morgan fingerprint density at radius 2 is 2.18 bits per heavy atom. The van der Waals surface area contributed by atoms with E-state index in [1.807, 2.05) is 0 Å². The molecule has 1 atom stereocenters. The van der Waals surface area contributed by atoms with Crippen LogP contribution < -0.4 is 0 Å². The zero-order chi connectivity index (χ0) is 12.4. The smallest absolute Gasteiger partial charge is 0.140 e. The number of pyridine rings is 1. The van der Waals surface area contributed by atoms with Crippen LogP contribution in [0.3, 0.4) is 0 Å². The Kier molecular flexibility index (Phi) is 2.22. The maximum Gasteiger partial charge on any atom is 0.140 e. The third-order valence-corrected chi connectivity index (χ3v) is 4.26. The number of imidazole rings is 1. The molecule has 3 rings (SSSR count). The molecule has 0 bridgehead atoms. The third-order valence-electron chi connectivity index (χ3n) is 3.82. The number of rotatable bonds is 0. The second-order valence-electron chi connectivity index (χ2n) is 5.87. The molecule has 0 aliphatic heterocycles. The van der Waals surface area contributed by atoms with Crippen molar-refractivity contribution in [2.45, 2.75) is 45.4 Å². The Balaban J connectivity index is 2.43. The van der Waals surface area contributed by atoms with E-state index < -0.39 is 0 Å². The Hall–Kier alpha value is -0.830. The average molecular weight is 293 g/mol. The second kappa shape index (κ2) is 3.35. The summed E-state index contributed by atoms with van der Waals surface area (Å²) in [6.07, 6.45) is 3.34. The summed E-state index contributed by atoms with van der Waals surface area (Å²) in [6, 6.07) is 2.13. The van der Waals surface area contributed by atoms with Crippen LogP contribution in [0.25, 0.3) is 5.65 Å². The summed E-state index contributed by atoms with van der Waals surface area (Å²) in [4.78, 5) is 4.85. The van der Waals surface area contributed by atoms with E-state index in [9.17, 15) is 0 Å². The highest BCUT2D eigenvalue weighted by molar-refractivity contribution is 9.10. The minimum atomic E-state index is 0.224. The van der Waals surface area contributed by atoms with Gasteiger partial charge in [-0.1, -0.05) is 20.8 Å². The van der Waals surface area contributed by atoms with Gasteiger partial charge in [-0.05, 0) is 40.9 Å². The molecular weight excluding hydrogens is 276 g/mol. The van der Waals surface area contributed by atoms with Crippen LogP contribution in [-0.2, 0) is 5.41 Å². The van der Waals surface area contributed by atoms with Crippen molar-refractivity contribution in [3.05, 3.63) is 33.7 Å². The Bertz CT molecular complexity index is 610. The number of fused-ring (bicyclic) bond motifs is 3. The summed E-state index contributed by atoms with van der Waals surface area (Å²) in [5.74, 6) is 0.568. The minimum absolute atomic E-state index is 0.224. The predicted octanol–water partition coefficient (Wildman–Crippen LogP) is 4.19. The normalized spacial score (nSPS) is 22.1. The fraction of sp³-hybridized carbons (Fsp3) is 0.500. The van der Waals surface area contributed by atoms with Crippen molar-refractivity contribution in [1.82, 2.24) is 9.38 Å². The van der Waals surface area contributed by atoms with Gasteiger partial charge in [0, 0.05) is 22.0 Å². The number of aryl methyl sites for hydroxylation is 1. The molecule has 3 heteroatoms. The molecule has 0 N–H and O–H groups in total. The van der Waals surface area contributed by atoms with Crippen molar-refractivity contribution >= 4 is 21.6 Å². The molecule has 2 aromatic rings. The SMILES string of the molecule is Cc1cc(Br)cn2c3c(nc12)C(C)CC3(C)C. The predicted molar refractivity (Wildman–Crippen MR) is 73.7 cm³/mol. The molecule has 0 amide bonds. The topological polar surface area (TPSA) is 17.3 Å². The average Bonchev–Trinajstić information content (AvgIpc) is 2.65. The summed E-state index contributed by atoms with van der Waals surface area (Å²) in [5, 5.41) is 0. The van der Waals surface area contributed by atoms with Gasteiger partial charge >= 0.3 is 0 Å². The first kappa shape index (κ1) is 11.3. The van der Waals surface area contributed by atoms with Gasteiger partial charge in [0.2, 0.25) is 0 Å². The number of hydrogen-bond acceptors (Lipinski definition) is 1. The molecule has 0 fully saturated rings. The van der Waals surface area contributed by atoms with E-state index in [0.717, 1.165) is 10.1 Å². The standard InChI is InChI=1S/C14H17BrN2/c1-8-5-10(15)7-17-12-11(16-13(8)17)9(2)6-14(12,3)4/h5,7,9H,6H2,1-4H3. The number of nitrogens with zero attached hydrogens (tertiary/aromatic N) is 2. The zero-order valence-electron chi connectivity index (χ0n) is 10.7. The van der Waals surface area contributed by atoms with Crippen molar-refractivity contribution in [2.24, 2.45) is 0 Å². The van der Waals surface area contributed by atoms with Gasteiger partial charge in [0.05, 0.1) is 11.4 Å². The molecule has 0 saturated carbocycles. The molecule has 2 nitrogen and oxygen atoms in total. The van der Waals surface area contributed by atoms with Gasteiger partial charge in [-0.25, -0.2) is 4.98 Å². The van der Waals surface area contributed by atoms with E-state index in [2.05, 4.69) is 60.3 Å². The van der Waals surface area contributed by atoms with E-state index in [4.69, 9.17) is 4.98 Å². The van der Waals surface area contributed by atoms with Crippen LogP contribution in [0, 0.1) is 6.92 Å². The Morgan fingerprint density at radius 1 is 1.47 bits per heavy atom. The first-order valence-electron chi connectivity index (χ1n) is 6.09. The van der Waals surface area contributed by atoms with Crippen molar-refractivity contribution in [3.8, 4) is 0 Å². The lowest BCUT2D eigenvalue weighted by molar-refractivity contribution is 0.473. The second-order valence-corrected chi connectivity index (χ2v) is 6.79. The minimum Gasteiger partial charge on any atom is -0.302 e. The maximum absolute atomic E-state index is 4.85. The van der Waals surface area contributed by atoms with E-state index in [1.165, 1.54) is 23.4 Å². The summed E-state index contributed by atoms with van der Waals surface area (Å²) in [6.45, 7) is 9.05. The third kappa shape index (κ3) is 1.48. The fourth-order valence-electron chi connectivity index (χ4n) is 3.26. The summed E-state index contributed by atoms with van der Waals surface area (Å²) in [7, 11) is 0. The summed E-state index contributed by atoms with van der Waals surface area (Å²) < 4.78 is 3.40. The van der Waals surface area contributed by atoms with Crippen LogP contribution in [0.2, 0.25) is 0 Å². The van der Waals surface area contributed by atoms with E-state index >= 15 is 0 Å². The largest absolute Gasteiger partial charge is 0.302 e. The van der Waals surface area contributed by atoms with Gasteiger partial charge < -0.3 is 4.40 Å². The molecule has 1 unspecified atom stereocenters. The summed E-state index contributed by atoms with van der Waals surface area (Å²) in [5.41, 5.74) is 5.25. The van der Waals surface area contributed by atoms with Crippen molar-refractivity contribution in [1.29, 1.82) is 0 Å². The molecule has 0 radical (unpaired) electrons. The number of aromatic nitrogens is 2. The fourth-order valence-corrected chi connectivity index (χ4v) is 3.81. The van der Waals surface area contributed by atoms with Gasteiger partial charge in [0.1, 0.15) is 5.65 Å². The van der Waals surface area contributed by atoms with E-state index in [-0.39, 0.29) is 5.41 Å². The first-order valence-corrected chi connectivity index (χ1v) is 6.88. The lowest BCUT2D eigenvalue weighted by Crippen LogP contribution is -2.15. The summed E-state index contributed by atoms with van der Waals surface area (Å²) >= 11 is 3.58. The molecule has 1 aliphatic carbocycles. The molecule has 0 aromatic carbocycles. The lowest BCUT2D eigenvalue weighted by Gasteiger charge is -2.19. The highest BCUT2D eigenvalue weighted by Gasteiger charge is 2.39. The number of halogens is 1. The Morgan fingerprint density at radius 3 is 2.88 bits per heavy atom. The Labute approximate surface area is 110 Å². The highest BCUT2D eigenvalue weighted by atomic mass is 79.9. The van der Waals surface area contributed by atoms with Crippen LogP contribution in [0.4, 0.5) is 0 Å². The van der Waals surface area contributed by atoms with Crippen molar-refractivity contribution < 1.29 is 0 Å². The monoisotopic (exact) mass is 292 g/mol. The number of hydrogen-bond donors (Lipinski definition) is 0. The highest BCUT2D eigenvalue weighted by Crippen LogP contribution is 2.45. The van der Waals surface area contributed by atoms with Crippen molar-refractivity contribution in [3.63, 3.8) is 0 Å². The first-order chi connectivity index (χ1) is 7.90. The van der Waals surface area contributed by atoms with Crippen molar-refractivity contribution in [2.75, 3.05) is 0 Å². The molecule has 0 saturated heterocycles. The van der Waals surface area contributed by atoms with Gasteiger partial charge in [-0.15, -0.1) is 0 Å². The van der Waals surface area contributed by atoms with Gasteiger partial charge in [0.25, 0.3) is 0 Å². The van der Waals surface area contributed by atoms with Crippen LogP contribution in [0.1, 0.15) is 50.1 Å². The molecular formula is C14H17BrN2. The molecule has 1 aliphatic rings. The lowest BCUT2D eigenvalue weighted by atomic mass is 9.89. The maximum atomic E-state index is 4.85. The molecule has 2 heterocycles.